The first-order valence-corrected chi connectivity index (χ1v) is 7.42. The number of nitrogens with one attached hydrogen (secondary N) is 1. The molecule has 1 saturated heterocycles. The monoisotopic (exact) mass is 253 g/mol. The normalized spacial score (nSPS) is 30.4. The average molecular weight is 253 g/mol. The van der Waals surface area contributed by atoms with Crippen LogP contribution in [0.2, 0.25) is 0 Å². The van der Waals surface area contributed by atoms with Gasteiger partial charge in [-0.25, -0.2) is 0 Å². The SMILES string of the molecule is CC(C)(C)OC(=O)C1CC(C2CCCCC2)CN1. The van der Waals surface area contributed by atoms with Crippen LogP contribution in [0, 0.1) is 11.8 Å². The lowest BCUT2D eigenvalue weighted by Gasteiger charge is -2.27. The van der Waals surface area contributed by atoms with Crippen molar-refractivity contribution in [3.8, 4) is 0 Å². The van der Waals surface area contributed by atoms with Crippen LogP contribution in [0.15, 0.2) is 0 Å². The standard InChI is InChI=1S/C15H27NO2/c1-15(2,3)18-14(17)13-9-12(10-16-13)11-7-5-4-6-8-11/h11-13,16H,4-10H2,1-3H3. The van der Waals surface area contributed by atoms with E-state index in [1.165, 1.54) is 32.1 Å². The van der Waals surface area contributed by atoms with E-state index >= 15 is 0 Å². The van der Waals surface area contributed by atoms with Crippen molar-refractivity contribution in [3.05, 3.63) is 0 Å². The topological polar surface area (TPSA) is 38.3 Å². The van der Waals surface area contributed by atoms with Gasteiger partial charge in [0.1, 0.15) is 11.6 Å². The molecule has 18 heavy (non-hydrogen) atoms. The highest BCUT2D eigenvalue weighted by atomic mass is 16.6. The summed E-state index contributed by atoms with van der Waals surface area (Å²) in [7, 11) is 0. The van der Waals surface area contributed by atoms with Crippen LogP contribution < -0.4 is 5.32 Å². The fourth-order valence-electron chi connectivity index (χ4n) is 3.28. The van der Waals surface area contributed by atoms with E-state index in [4.69, 9.17) is 4.74 Å². The molecule has 2 rings (SSSR count). The second-order valence-electron chi connectivity index (χ2n) is 6.89. The molecule has 0 bridgehead atoms. The molecule has 1 heterocycles. The first-order chi connectivity index (χ1) is 8.46. The third-order valence-corrected chi connectivity index (χ3v) is 4.17. The Morgan fingerprint density at radius 1 is 1.11 bits per heavy atom. The molecule has 0 aromatic carbocycles. The quantitative estimate of drug-likeness (QED) is 0.769. The smallest absolute Gasteiger partial charge is 0.323 e. The molecular weight excluding hydrogens is 226 g/mol. The van der Waals surface area contributed by atoms with Gasteiger partial charge in [-0.05, 0) is 45.6 Å². The zero-order valence-corrected chi connectivity index (χ0v) is 12.0. The Kier molecular flexibility index (Phi) is 4.31. The van der Waals surface area contributed by atoms with E-state index in [2.05, 4.69) is 5.32 Å². The second-order valence-corrected chi connectivity index (χ2v) is 6.89. The molecule has 2 unspecified atom stereocenters. The van der Waals surface area contributed by atoms with Crippen LogP contribution in [0.25, 0.3) is 0 Å². The highest BCUT2D eigenvalue weighted by molar-refractivity contribution is 5.76. The van der Waals surface area contributed by atoms with E-state index in [0.29, 0.717) is 5.92 Å². The largest absolute Gasteiger partial charge is 0.459 e. The summed E-state index contributed by atoms with van der Waals surface area (Å²) in [5.74, 6) is 1.45. The fraction of sp³-hybridized carbons (Fsp3) is 0.933. The number of carbonyl (C=O) groups excluding carboxylic acids is 1. The number of hydrogen-bond acceptors (Lipinski definition) is 3. The van der Waals surface area contributed by atoms with Crippen molar-refractivity contribution >= 4 is 5.97 Å². The van der Waals surface area contributed by atoms with Crippen LogP contribution >= 0.6 is 0 Å². The molecule has 0 radical (unpaired) electrons. The summed E-state index contributed by atoms with van der Waals surface area (Å²) in [6.07, 6.45) is 7.82. The van der Waals surface area contributed by atoms with E-state index in [1.54, 1.807) is 0 Å². The van der Waals surface area contributed by atoms with E-state index in [-0.39, 0.29) is 17.6 Å². The maximum absolute atomic E-state index is 12.0. The van der Waals surface area contributed by atoms with E-state index in [0.717, 1.165) is 18.9 Å². The molecule has 2 atom stereocenters. The number of carbonyl (C=O) groups is 1. The van der Waals surface area contributed by atoms with Crippen molar-refractivity contribution in [2.24, 2.45) is 11.8 Å². The summed E-state index contributed by atoms with van der Waals surface area (Å²) < 4.78 is 5.46. The number of rotatable bonds is 2. The minimum Gasteiger partial charge on any atom is -0.459 e. The molecule has 0 aromatic heterocycles. The molecule has 0 aromatic rings. The molecule has 1 aliphatic heterocycles. The van der Waals surface area contributed by atoms with Gasteiger partial charge in [0.15, 0.2) is 0 Å². The van der Waals surface area contributed by atoms with Gasteiger partial charge in [-0.1, -0.05) is 32.1 Å². The highest BCUT2D eigenvalue weighted by Gasteiger charge is 2.36. The van der Waals surface area contributed by atoms with Crippen LogP contribution in [0.5, 0.6) is 0 Å². The number of ether oxygens (including phenoxy) is 1. The molecule has 104 valence electrons. The van der Waals surface area contributed by atoms with Crippen molar-refractivity contribution in [2.45, 2.75) is 70.9 Å². The maximum Gasteiger partial charge on any atom is 0.323 e. The zero-order chi connectivity index (χ0) is 13.2. The van der Waals surface area contributed by atoms with Crippen LogP contribution in [-0.2, 0) is 9.53 Å². The van der Waals surface area contributed by atoms with Crippen molar-refractivity contribution in [1.82, 2.24) is 5.32 Å². The molecule has 0 amide bonds. The predicted octanol–water partition coefficient (Wildman–Crippen LogP) is 2.89. The minimum absolute atomic E-state index is 0.0687. The Bertz CT molecular complexity index is 289. The third kappa shape index (κ3) is 3.71. The third-order valence-electron chi connectivity index (χ3n) is 4.17. The lowest BCUT2D eigenvalue weighted by Crippen LogP contribution is -2.37. The van der Waals surface area contributed by atoms with Crippen molar-refractivity contribution in [2.75, 3.05) is 6.54 Å². The Balaban J connectivity index is 1.82. The average Bonchev–Trinajstić information content (AvgIpc) is 2.77. The first-order valence-electron chi connectivity index (χ1n) is 7.42. The maximum atomic E-state index is 12.0. The Morgan fingerprint density at radius 3 is 2.39 bits per heavy atom. The molecule has 1 aliphatic carbocycles. The van der Waals surface area contributed by atoms with Gasteiger partial charge in [0.25, 0.3) is 0 Å². The van der Waals surface area contributed by atoms with Gasteiger partial charge in [0, 0.05) is 0 Å². The molecule has 1 N–H and O–H groups in total. The van der Waals surface area contributed by atoms with E-state index < -0.39 is 0 Å². The van der Waals surface area contributed by atoms with Gasteiger partial charge >= 0.3 is 5.97 Å². The Morgan fingerprint density at radius 2 is 1.78 bits per heavy atom. The minimum atomic E-state index is -0.373. The molecular formula is C15H27NO2. The number of hydrogen-bond donors (Lipinski definition) is 1. The van der Waals surface area contributed by atoms with Crippen LogP contribution in [0.4, 0.5) is 0 Å². The van der Waals surface area contributed by atoms with Gasteiger partial charge in [-0.2, -0.15) is 0 Å². The van der Waals surface area contributed by atoms with Gasteiger partial charge < -0.3 is 10.1 Å². The van der Waals surface area contributed by atoms with Crippen LogP contribution in [0.3, 0.4) is 0 Å². The van der Waals surface area contributed by atoms with Crippen LogP contribution in [-0.4, -0.2) is 24.2 Å². The van der Waals surface area contributed by atoms with Crippen LogP contribution in [0.1, 0.15) is 59.3 Å². The highest BCUT2D eigenvalue weighted by Crippen LogP contribution is 2.34. The number of esters is 1. The molecule has 2 fully saturated rings. The van der Waals surface area contributed by atoms with E-state index in [9.17, 15) is 4.79 Å². The summed E-state index contributed by atoms with van der Waals surface area (Å²) in [4.78, 5) is 12.0. The summed E-state index contributed by atoms with van der Waals surface area (Å²) in [6.45, 7) is 6.78. The Hall–Kier alpha value is -0.570. The summed E-state index contributed by atoms with van der Waals surface area (Å²) >= 11 is 0. The molecule has 0 spiro atoms. The summed E-state index contributed by atoms with van der Waals surface area (Å²) in [5, 5.41) is 3.35. The molecule has 1 saturated carbocycles. The first kappa shape index (κ1) is 13.9. The molecule has 3 nitrogen and oxygen atoms in total. The van der Waals surface area contributed by atoms with E-state index in [1.807, 2.05) is 20.8 Å². The predicted molar refractivity (Wildman–Crippen MR) is 72.3 cm³/mol. The van der Waals surface area contributed by atoms with Gasteiger partial charge in [-0.3, -0.25) is 4.79 Å². The van der Waals surface area contributed by atoms with Gasteiger partial charge in [0.2, 0.25) is 0 Å². The second kappa shape index (κ2) is 5.60. The lowest BCUT2D eigenvalue weighted by molar-refractivity contribution is -0.157. The summed E-state index contributed by atoms with van der Waals surface area (Å²) in [5.41, 5.74) is -0.373. The summed E-state index contributed by atoms with van der Waals surface area (Å²) in [6, 6.07) is -0.0730. The van der Waals surface area contributed by atoms with Crippen molar-refractivity contribution < 1.29 is 9.53 Å². The lowest BCUT2D eigenvalue weighted by atomic mass is 9.79. The fourth-order valence-corrected chi connectivity index (χ4v) is 3.28. The van der Waals surface area contributed by atoms with Crippen molar-refractivity contribution in [3.63, 3.8) is 0 Å². The molecule has 3 heteroatoms. The zero-order valence-electron chi connectivity index (χ0n) is 12.0. The van der Waals surface area contributed by atoms with Gasteiger partial charge in [0.05, 0.1) is 0 Å². The molecule has 2 aliphatic rings. The van der Waals surface area contributed by atoms with Gasteiger partial charge in [-0.15, -0.1) is 0 Å². The van der Waals surface area contributed by atoms with Crippen molar-refractivity contribution in [1.29, 1.82) is 0 Å². The Labute approximate surface area is 111 Å².